The van der Waals surface area contributed by atoms with E-state index in [1.54, 1.807) is 24.3 Å². The Kier molecular flexibility index (Phi) is 4.39. The van der Waals surface area contributed by atoms with Gasteiger partial charge in [0.1, 0.15) is 5.82 Å². The molecule has 0 aromatic heterocycles. The van der Waals surface area contributed by atoms with Crippen LogP contribution in [-0.2, 0) is 0 Å². The fourth-order valence-corrected chi connectivity index (χ4v) is 2.57. The zero-order valence-electron chi connectivity index (χ0n) is 8.93. The van der Waals surface area contributed by atoms with Crippen molar-refractivity contribution in [2.24, 2.45) is 0 Å². The number of hydrogen-bond acceptors (Lipinski definition) is 0. The van der Waals surface area contributed by atoms with Gasteiger partial charge in [0.05, 0.1) is 10.4 Å². The standard InChI is InChI=1S/C13H7Cl4F/c14-8-2-3-9(11(16)6-8)13(17)7-1-4-10(15)12(18)5-7/h1-6,13H. The van der Waals surface area contributed by atoms with Gasteiger partial charge in [0.25, 0.3) is 0 Å². The fourth-order valence-electron chi connectivity index (χ4n) is 1.56. The van der Waals surface area contributed by atoms with Gasteiger partial charge in [-0.05, 0) is 35.4 Å². The summed E-state index contributed by atoms with van der Waals surface area (Å²) in [5.74, 6) is -0.509. The van der Waals surface area contributed by atoms with Gasteiger partial charge in [-0.15, -0.1) is 11.6 Å². The van der Waals surface area contributed by atoms with Gasteiger partial charge in [-0.1, -0.05) is 46.9 Å². The van der Waals surface area contributed by atoms with Crippen molar-refractivity contribution in [1.82, 2.24) is 0 Å². The summed E-state index contributed by atoms with van der Waals surface area (Å²) in [6.07, 6.45) is 0. The van der Waals surface area contributed by atoms with Crippen LogP contribution in [0.4, 0.5) is 4.39 Å². The lowest BCUT2D eigenvalue weighted by Crippen LogP contribution is -1.95. The molecule has 0 amide bonds. The fraction of sp³-hybridized carbons (Fsp3) is 0.0769. The molecule has 0 aliphatic carbocycles. The quantitative estimate of drug-likeness (QED) is 0.584. The van der Waals surface area contributed by atoms with Crippen LogP contribution in [0, 0.1) is 5.82 Å². The van der Waals surface area contributed by atoms with E-state index < -0.39 is 11.2 Å². The summed E-state index contributed by atoms with van der Waals surface area (Å²) in [7, 11) is 0. The van der Waals surface area contributed by atoms with Crippen LogP contribution in [0.25, 0.3) is 0 Å². The minimum absolute atomic E-state index is 0.0600. The minimum Gasteiger partial charge on any atom is -0.205 e. The average Bonchev–Trinajstić information content (AvgIpc) is 2.32. The van der Waals surface area contributed by atoms with Crippen molar-refractivity contribution < 1.29 is 4.39 Å². The Morgan fingerprint density at radius 3 is 2.22 bits per heavy atom. The van der Waals surface area contributed by atoms with E-state index in [0.717, 1.165) is 0 Å². The maximum absolute atomic E-state index is 13.4. The Hall–Kier alpha value is -0.470. The van der Waals surface area contributed by atoms with Crippen LogP contribution >= 0.6 is 46.4 Å². The van der Waals surface area contributed by atoms with Gasteiger partial charge in [-0.25, -0.2) is 4.39 Å². The van der Waals surface area contributed by atoms with E-state index in [0.29, 0.717) is 21.2 Å². The van der Waals surface area contributed by atoms with Gasteiger partial charge in [-0.2, -0.15) is 0 Å². The normalized spacial score (nSPS) is 12.5. The molecule has 2 rings (SSSR count). The average molecular weight is 324 g/mol. The van der Waals surface area contributed by atoms with Crippen LogP contribution in [0.15, 0.2) is 36.4 Å². The Morgan fingerprint density at radius 2 is 1.61 bits per heavy atom. The largest absolute Gasteiger partial charge is 0.205 e. The van der Waals surface area contributed by atoms with Gasteiger partial charge in [0, 0.05) is 10.0 Å². The molecule has 0 aliphatic heterocycles. The van der Waals surface area contributed by atoms with Gasteiger partial charge >= 0.3 is 0 Å². The molecule has 2 aromatic carbocycles. The SMILES string of the molecule is Fc1cc(C(Cl)c2ccc(Cl)cc2Cl)ccc1Cl. The zero-order valence-corrected chi connectivity index (χ0v) is 12.0. The predicted molar refractivity (Wildman–Crippen MR) is 75.6 cm³/mol. The molecule has 0 N–H and O–H groups in total. The van der Waals surface area contributed by atoms with Crippen LogP contribution in [-0.4, -0.2) is 0 Å². The summed E-state index contributed by atoms with van der Waals surface area (Å²) < 4.78 is 13.4. The first-order valence-electron chi connectivity index (χ1n) is 5.03. The van der Waals surface area contributed by atoms with Crippen LogP contribution < -0.4 is 0 Å². The highest BCUT2D eigenvalue weighted by Crippen LogP contribution is 2.35. The van der Waals surface area contributed by atoms with Crippen molar-refractivity contribution in [1.29, 1.82) is 0 Å². The number of hydrogen-bond donors (Lipinski definition) is 0. The lowest BCUT2D eigenvalue weighted by molar-refractivity contribution is 0.626. The van der Waals surface area contributed by atoms with E-state index in [2.05, 4.69) is 0 Å². The molecule has 0 heterocycles. The number of halogens is 5. The predicted octanol–water partition coefficient (Wildman–Crippen LogP) is 6.11. The summed E-state index contributed by atoms with van der Waals surface area (Å²) in [6, 6.07) is 9.42. The molecular weight excluding hydrogens is 317 g/mol. The Labute approximate surface area is 124 Å². The molecule has 0 nitrogen and oxygen atoms in total. The first-order chi connectivity index (χ1) is 8.49. The highest BCUT2D eigenvalue weighted by atomic mass is 35.5. The summed E-state index contributed by atoms with van der Waals surface area (Å²) >= 11 is 23.8. The maximum Gasteiger partial charge on any atom is 0.142 e. The number of rotatable bonds is 2. The van der Waals surface area contributed by atoms with Gasteiger partial charge < -0.3 is 0 Å². The molecule has 0 saturated heterocycles. The molecule has 0 aliphatic rings. The second kappa shape index (κ2) is 5.66. The monoisotopic (exact) mass is 322 g/mol. The van der Waals surface area contributed by atoms with Crippen LogP contribution in [0.5, 0.6) is 0 Å². The molecule has 1 atom stereocenters. The van der Waals surface area contributed by atoms with E-state index >= 15 is 0 Å². The van der Waals surface area contributed by atoms with E-state index in [9.17, 15) is 4.39 Å². The number of alkyl halides is 1. The molecule has 0 fully saturated rings. The second-order valence-electron chi connectivity index (χ2n) is 3.70. The van der Waals surface area contributed by atoms with Crippen molar-refractivity contribution in [3.8, 4) is 0 Å². The van der Waals surface area contributed by atoms with Crippen molar-refractivity contribution in [3.05, 3.63) is 68.4 Å². The Bertz CT molecular complexity index is 583. The van der Waals surface area contributed by atoms with E-state index in [-0.39, 0.29) is 5.02 Å². The molecule has 2 aromatic rings. The first kappa shape index (κ1) is 14.0. The number of benzene rings is 2. The van der Waals surface area contributed by atoms with Crippen LogP contribution in [0.1, 0.15) is 16.5 Å². The zero-order chi connectivity index (χ0) is 13.3. The van der Waals surface area contributed by atoms with E-state index in [4.69, 9.17) is 46.4 Å². The third-order valence-electron chi connectivity index (χ3n) is 2.47. The van der Waals surface area contributed by atoms with E-state index in [1.807, 2.05) is 0 Å². The molecule has 0 bridgehead atoms. The molecule has 1 unspecified atom stereocenters. The smallest absolute Gasteiger partial charge is 0.142 e. The van der Waals surface area contributed by atoms with Gasteiger partial charge in [0.2, 0.25) is 0 Å². The first-order valence-corrected chi connectivity index (χ1v) is 6.60. The van der Waals surface area contributed by atoms with Crippen molar-refractivity contribution in [2.45, 2.75) is 5.38 Å². The van der Waals surface area contributed by atoms with Crippen molar-refractivity contribution in [2.75, 3.05) is 0 Å². The van der Waals surface area contributed by atoms with Gasteiger partial charge in [-0.3, -0.25) is 0 Å². The summed E-state index contributed by atoms with van der Waals surface area (Å²) in [4.78, 5) is 0. The molecule has 94 valence electrons. The molecule has 0 radical (unpaired) electrons. The third kappa shape index (κ3) is 2.92. The lowest BCUT2D eigenvalue weighted by atomic mass is 10.0. The van der Waals surface area contributed by atoms with Crippen molar-refractivity contribution >= 4 is 46.4 Å². The van der Waals surface area contributed by atoms with Crippen LogP contribution in [0.3, 0.4) is 0 Å². The topological polar surface area (TPSA) is 0 Å². The Morgan fingerprint density at radius 1 is 0.889 bits per heavy atom. The summed E-state index contributed by atoms with van der Waals surface area (Å²) in [6.45, 7) is 0. The molecule has 18 heavy (non-hydrogen) atoms. The van der Waals surface area contributed by atoms with Gasteiger partial charge in [0.15, 0.2) is 0 Å². The Balaban J connectivity index is 2.41. The van der Waals surface area contributed by atoms with Crippen LogP contribution in [0.2, 0.25) is 15.1 Å². The summed E-state index contributed by atoms with van der Waals surface area (Å²) in [5, 5.41) is 0.471. The molecule has 0 spiro atoms. The molecule has 5 heteroatoms. The highest BCUT2D eigenvalue weighted by Gasteiger charge is 2.15. The third-order valence-corrected chi connectivity index (χ3v) is 3.83. The lowest BCUT2D eigenvalue weighted by Gasteiger charge is -2.12. The second-order valence-corrected chi connectivity index (χ2v) is 5.39. The van der Waals surface area contributed by atoms with Crippen molar-refractivity contribution in [3.63, 3.8) is 0 Å². The molecule has 0 saturated carbocycles. The highest BCUT2D eigenvalue weighted by molar-refractivity contribution is 6.36. The maximum atomic E-state index is 13.4. The van der Waals surface area contributed by atoms with E-state index in [1.165, 1.54) is 12.1 Å². The minimum atomic E-state index is -0.554. The summed E-state index contributed by atoms with van der Waals surface area (Å²) in [5.41, 5.74) is 1.26. The molecular formula is C13H7Cl4F.